The van der Waals surface area contributed by atoms with E-state index in [4.69, 9.17) is 0 Å². The van der Waals surface area contributed by atoms with Crippen molar-refractivity contribution in [2.45, 2.75) is 51.2 Å². The predicted molar refractivity (Wildman–Crippen MR) is 100 cm³/mol. The third kappa shape index (κ3) is 3.27. The number of nitrogens with one attached hydrogen (secondary N) is 2. The van der Waals surface area contributed by atoms with Crippen molar-refractivity contribution in [2.24, 2.45) is 0 Å². The maximum Gasteiger partial charge on any atom is 0.421 e. The van der Waals surface area contributed by atoms with Crippen molar-refractivity contribution in [3.05, 3.63) is 17.5 Å². The van der Waals surface area contributed by atoms with Gasteiger partial charge in [0.2, 0.25) is 11.9 Å². The highest BCUT2D eigenvalue weighted by atomic mass is 32.1. The highest BCUT2D eigenvalue weighted by Gasteiger charge is 2.55. The summed E-state index contributed by atoms with van der Waals surface area (Å²) in [6, 6.07) is 0. The average Bonchev–Trinajstić information content (AvgIpc) is 3.20. The van der Waals surface area contributed by atoms with E-state index in [2.05, 4.69) is 25.6 Å². The highest BCUT2D eigenvalue weighted by molar-refractivity contribution is 7.19. The van der Waals surface area contributed by atoms with E-state index in [9.17, 15) is 18.0 Å². The first-order valence-corrected chi connectivity index (χ1v) is 9.81. The number of hydrogen-bond donors (Lipinski definition) is 2. The van der Waals surface area contributed by atoms with Crippen LogP contribution in [0.3, 0.4) is 0 Å². The zero-order chi connectivity index (χ0) is 20.1. The first kappa shape index (κ1) is 18.9. The second-order valence-electron chi connectivity index (χ2n) is 6.97. The van der Waals surface area contributed by atoms with E-state index in [1.807, 2.05) is 0 Å². The molecule has 2 aromatic heterocycles. The highest BCUT2D eigenvalue weighted by Crippen LogP contribution is 2.53. The van der Waals surface area contributed by atoms with E-state index in [-0.39, 0.29) is 23.2 Å². The molecular formula is C17H19F3N6OS. The molecule has 1 spiro atoms. The van der Waals surface area contributed by atoms with Crippen LogP contribution in [0.5, 0.6) is 0 Å². The second kappa shape index (κ2) is 6.57. The van der Waals surface area contributed by atoms with Gasteiger partial charge in [0.1, 0.15) is 16.4 Å². The predicted octanol–water partition coefficient (Wildman–Crippen LogP) is 4.10. The van der Waals surface area contributed by atoms with Crippen LogP contribution in [0.4, 0.5) is 35.1 Å². The van der Waals surface area contributed by atoms with Gasteiger partial charge in [-0.05, 0) is 33.1 Å². The zero-order valence-corrected chi connectivity index (χ0v) is 16.2. The lowest BCUT2D eigenvalue weighted by Gasteiger charge is -2.20. The number of amides is 1. The van der Waals surface area contributed by atoms with Gasteiger partial charge in [-0.3, -0.25) is 9.69 Å². The number of carbonyl (C=O) groups excluding carboxylic acids is 1. The lowest BCUT2D eigenvalue weighted by atomic mass is 10.2. The molecule has 1 aliphatic carbocycles. The first-order valence-electron chi connectivity index (χ1n) is 8.99. The quantitative estimate of drug-likeness (QED) is 0.770. The molecule has 3 heterocycles. The molecule has 1 saturated heterocycles. The molecule has 150 valence electrons. The van der Waals surface area contributed by atoms with E-state index >= 15 is 0 Å². The summed E-state index contributed by atoms with van der Waals surface area (Å²) in [5.74, 6) is -0.171. The van der Waals surface area contributed by atoms with Gasteiger partial charge < -0.3 is 10.6 Å². The van der Waals surface area contributed by atoms with E-state index in [1.165, 1.54) is 11.3 Å². The third-order valence-corrected chi connectivity index (χ3v) is 6.05. The largest absolute Gasteiger partial charge is 0.421 e. The van der Waals surface area contributed by atoms with Gasteiger partial charge in [0, 0.05) is 19.2 Å². The van der Waals surface area contributed by atoms with Crippen LogP contribution in [0, 0.1) is 6.92 Å². The average molecular weight is 412 g/mol. The second-order valence-corrected chi connectivity index (χ2v) is 7.95. The summed E-state index contributed by atoms with van der Waals surface area (Å²) in [7, 11) is 0. The molecule has 2 aliphatic rings. The Morgan fingerprint density at radius 2 is 2.04 bits per heavy atom. The number of halogens is 3. The van der Waals surface area contributed by atoms with Crippen molar-refractivity contribution in [1.82, 2.24) is 15.0 Å². The van der Waals surface area contributed by atoms with Crippen molar-refractivity contribution < 1.29 is 18.0 Å². The minimum Gasteiger partial charge on any atom is -0.370 e. The minimum atomic E-state index is -4.54. The maximum absolute atomic E-state index is 13.1. The molecule has 1 aliphatic heterocycles. The van der Waals surface area contributed by atoms with Crippen molar-refractivity contribution in [2.75, 3.05) is 22.1 Å². The van der Waals surface area contributed by atoms with Crippen LogP contribution in [0.15, 0.2) is 6.20 Å². The Morgan fingerprint density at radius 1 is 1.29 bits per heavy atom. The smallest absolute Gasteiger partial charge is 0.370 e. The fraction of sp³-hybridized carbons (Fsp3) is 0.529. The molecule has 2 fully saturated rings. The summed E-state index contributed by atoms with van der Waals surface area (Å²) in [5.41, 5.74) is -0.356. The molecule has 28 heavy (non-hydrogen) atoms. The molecule has 0 atom stereocenters. The van der Waals surface area contributed by atoms with Crippen LogP contribution in [0.1, 0.15) is 43.9 Å². The SMILES string of the molecule is CCNc1nc(Nc2sc(N3C(=O)CCC34CC4)nc2C)ncc1C(F)(F)F. The number of alkyl halides is 3. The lowest BCUT2D eigenvalue weighted by Crippen LogP contribution is -2.34. The third-order valence-electron chi connectivity index (χ3n) is 5.00. The molecule has 0 unspecified atom stereocenters. The Labute approximate surface area is 163 Å². The molecule has 0 bridgehead atoms. The van der Waals surface area contributed by atoms with E-state index in [1.54, 1.807) is 18.7 Å². The molecule has 2 N–H and O–H groups in total. The van der Waals surface area contributed by atoms with Gasteiger partial charge in [-0.2, -0.15) is 18.2 Å². The summed E-state index contributed by atoms with van der Waals surface area (Å²) >= 11 is 1.29. The van der Waals surface area contributed by atoms with Gasteiger partial charge in [0.05, 0.1) is 11.2 Å². The Hall–Kier alpha value is -2.43. The number of aromatic nitrogens is 3. The molecule has 7 nitrogen and oxygen atoms in total. The summed E-state index contributed by atoms with van der Waals surface area (Å²) in [6.07, 6.45) is -0.453. The Morgan fingerprint density at radius 3 is 2.68 bits per heavy atom. The van der Waals surface area contributed by atoms with Crippen LogP contribution < -0.4 is 15.5 Å². The first-order chi connectivity index (χ1) is 13.2. The van der Waals surface area contributed by atoms with E-state index in [0.717, 1.165) is 25.5 Å². The fourth-order valence-corrected chi connectivity index (χ4v) is 4.49. The number of thiazole rings is 1. The van der Waals surface area contributed by atoms with Gasteiger partial charge in [-0.25, -0.2) is 9.97 Å². The van der Waals surface area contributed by atoms with E-state index in [0.29, 0.717) is 28.8 Å². The number of rotatable bonds is 5. The number of nitrogens with zero attached hydrogens (tertiary/aromatic N) is 4. The number of anilines is 4. The van der Waals surface area contributed by atoms with Crippen LogP contribution in [-0.2, 0) is 11.0 Å². The van der Waals surface area contributed by atoms with Gasteiger partial charge >= 0.3 is 6.18 Å². The van der Waals surface area contributed by atoms with Crippen LogP contribution in [-0.4, -0.2) is 32.9 Å². The summed E-state index contributed by atoms with van der Waals surface area (Å²) in [6.45, 7) is 3.76. The molecule has 1 amide bonds. The summed E-state index contributed by atoms with van der Waals surface area (Å²) in [4.78, 5) is 26.4. The normalized spacial score (nSPS) is 18.0. The molecular weight excluding hydrogens is 393 g/mol. The monoisotopic (exact) mass is 412 g/mol. The Kier molecular flexibility index (Phi) is 4.44. The molecule has 11 heteroatoms. The Bertz CT molecular complexity index is 924. The van der Waals surface area contributed by atoms with Gasteiger partial charge in [0.25, 0.3) is 0 Å². The Balaban J connectivity index is 1.61. The lowest BCUT2D eigenvalue weighted by molar-refractivity contribution is -0.137. The summed E-state index contributed by atoms with van der Waals surface area (Å²) in [5, 5.41) is 6.78. The van der Waals surface area contributed by atoms with Gasteiger partial charge in [-0.15, -0.1) is 0 Å². The molecule has 0 aromatic carbocycles. The van der Waals surface area contributed by atoms with Crippen molar-refractivity contribution >= 4 is 39.1 Å². The van der Waals surface area contributed by atoms with Gasteiger partial charge in [-0.1, -0.05) is 11.3 Å². The topological polar surface area (TPSA) is 83.0 Å². The molecule has 2 aromatic rings. The van der Waals surface area contributed by atoms with Crippen LogP contribution in [0.2, 0.25) is 0 Å². The van der Waals surface area contributed by atoms with Crippen molar-refractivity contribution in [3.63, 3.8) is 0 Å². The number of hydrogen-bond acceptors (Lipinski definition) is 7. The molecule has 4 rings (SSSR count). The van der Waals surface area contributed by atoms with Crippen LogP contribution in [0.25, 0.3) is 0 Å². The van der Waals surface area contributed by atoms with Crippen molar-refractivity contribution in [3.8, 4) is 0 Å². The fourth-order valence-electron chi connectivity index (χ4n) is 3.40. The molecule has 1 saturated carbocycles. The summed E-state index contributed by atoms with van der Waals surface area (Å²) < 4.78 is 39.3. The standard InChI is InChI=1S/C17H19F3N6OS/c1-3-21-12-10(17(18,19)20)8-22-14(24-12)25-13-9(2)23-15(28-13)26-11(27)4-5-16(26)6-7-16/h8H,3-7H2,1-2H3,(H2,21,22,24,25). The van der Waals surface area contributed by atoms with Gasteiger partial charge in [0.15, 0.2) is 5.13 Å². The zero-order valence-electron chi connectivity index (χ0n) is 15.4. The van der Waals surface area contributed by atoms with Crippen LogP contribution >= 0.6 is 11.3 Å². The number of aryl methyl sites for hydroxylation is 1. The van der Waals surface area contributed by atoms with E-state index < -0.39 is 11.7 Å². The number of carbonyl (C=O) groups is 1. The minimum absolute atomic E-state index is 0.0381. The molecule has 0 radical (unpaired) electrons. The van der Waals surface area contributed by atoms with Crippen molar-refractivity contribution in [1.29, 1.82) is 0 Å². The maximum atomic E-state index is 13.1.